The van der Waals surface area contributed by atoms with Crippen LogP contribution in [0.1, 0.15) is 25.3 Å². The van der Waals surface area contributed by atoms with Crippen LogP contribution in [0.15, 0.2) is 47.6 Å². The first-order chi connectivity index (χ1) is 15.0. The van der Waals surface area contributed by atoms with Gasteiger partial charge in [0.15, 0.2) is 0 Å². The van der Waals surface area contributed by atoms with Crippen molar-refractivity contribution in [1.29, 1.82) is 0 Å². The maximum atomic E-state index is 12.5. The molecule has 8 heteroatoms. The van der Waals surface area contributed by atoms with E-state index in [2.05, 4.69) is 61.9 Å². The molecule has 1 spiro atoms. The van der Waals surface area contributed by atoms with Gasteiger partial charge in [0, 0.05) is 68.6 Å². The fourth-order valence-corrected chi connectivity index (χ4v) is 5.98. The van der Waals surface area contributed by atoms with Gasteiger partial charge in [-0.15, -0.1) is 0 Å². The monoisotopic (exact) mass is 445 g/mol. The van der Waals surface area contributed by atoms with Crippen molar-refractivity contribution in [3.8, 4) is 0 Å². The molecular formula is C23H29F2N5S. The van der Waals surface area contributed by atoms with E-state index in [0.717, 1.165) is 26.2 Å². The molecule has 166 valence electrons. The van der Waals surface area contributed by atoms with Gasteiger partial charge in [-0.3, -0.25) is 9.80 Å². The fourth-order valence-electron chi connectivity index (χ4n) is 5.55. The third kappa shape index (κ3) is 4.56. The average molecular weight is 446 g/mol. The van der Waals surface area contributed by atoms with Gasteiger partial charge in [-0.1, -0.05) is 42.1 Å². The average Bonchev–Trinajstić information content (AvgIpc) is 2.70. The summed E-state index contributed by atoms with van der Waals surface area (Å²) in [7, 11) is 0. The minimum Gasteiger partial charge on any atom is -0.336 e. The first-order valence-electron chi connectivity index (χ1n) is 11.0. The van der Waals surface area contributed by atoms with Gasteiger partial charge in [0.1, 0.15) is 0 Å². The molecule has 5 nitrogen and oxygen atoms in total. The minimum absolute atomic E-state index is 0.315. The van der Waals surface area contributed by atoms with Crippen molar-refractivity contribution in [2.75, 3.05) is 37.6 Å². The van der Waals surface area contributed by atoms with Crippen LogP contribution in [0.2, 0.25) is 0 Å². The standard InChI is InChI=1S/C23H29F2N5S/c1-17-13-29(7-8-30(17)22-26-11-20(12-27-22)31-21(24)25)19-9-23(10-19)15-28(16-23)14-18-5-3-2-4-6-18/h2-6,11-12,17,19,21H,7-10,13-16H2,1H3. The molecule has 3 heterocycles. The van der Waals surface area contributed by atoms with E-state index in [1.165, 1.54) is 43.9 Å². The number of rotatable bonds is 6. The fraction of sp³-hybridized carbons (Fsp3) is 0.565. The van der Waals surface area contributed by atoms with Gasteiger partial charge in [-0.2, -0.15) is 8.78 Å². The molecule has 2 aromatic rings. The molecular weight excluding hydrogens is 416 g/mol. The number of halogens is 2. The summed E-state index contributed by atoms with van der Waals surface area (Å²) in [6.45, 7) is 8.62. The minimum atomic E-state index is -2.44. The van der Waals surface area contributed by atoms with Crippen LogP contribution in [-0.4, -0.2) is 70.3 Å². The number of alkyl halides is 2. The molecule has 5 rings (SSSR count). The van der Waals surface area contributed by atoms with Crippen molar-refractivity contribution in [3.63, 3.8) is 0 Å². The number of anilines is 1. The lowest BCUT2D eigenvalue weighted by Crippen LogP contribution is -2.68. The molecule has 2 aliphatic heterocycles. The number of piperazine rings is 1. The summed E-state index contributed by atoms with van der Waals surface area (Å²) < 4.78 is 25.0. The highest BCUT2D eigenvalue weighted by Gasteiger charge is 2.53. The van der Waals surface area contributed by atoms with E-state index in [4.69, 9.17) is 0 Å². The Hall–Kier alpha value is -1.77. The van der Waals surface area contributed by atoms with Crippen LogP contribution in [0, 0.1) is 5.41 Å². The summed E-state index contributed by atoms with van der Waals surface area (Å²) in [5, 5.41) is 0. The number of aromatic nitrogens is 2. The summed E-state index contributed by atoms with van der Waals surface area (Å²) in [6, 6.07) is 11.7. The van der Waals surface area contributed by atoms with Crippen LogP contribution < -0.4 is 4.90 Å². The number of hydrogen-bond donors (Lipinski definition) is 0. The summed E-state index contributed by atoms with van der Waals surface area (Å²) >= 11 is 0.489. The molecule has 1 aliphatic carbocycles. The topological polar surface area (TPSA) is 35.5 Å². The van der Waals surface area contributed by atoms with Gasteiger partial charge in [0.2, 0.25) is 5.95 Å². The second-order valence-corrected chi connectivity index (χ2v) is 10.4. The molecule has 3 aliphatic rings. The Morgan fingerprint density at radius 1 is 1.10 bits per heavy atom. The van der Waals surface area contributed by atoms with Crippen LogP contribution in [0.25, 0.3) is 0 Å². The quantitative estimate of drug-likeness (QED) is 0.627. The predicted octanol–water partition coefficient (Wildman–Crippen LogP) is 3.97. The van der Waals surface area contributed by atoms with Crippen molar-refractivity contribution < 1.29 is 8.78 Å². The predicted molar refractivity (Wildman–Crippen MR) is 119 cm³/mol. The van der Waals surface area contributed by atoms with Crippen molar-refractivity contribution in [2.24, 2.45) is 5.41 Å². The molecule has 2 saturated heterocycles. The largest absolute Gasteiger partial charge is 0.336 e. The maximum absolute atomic E-state index is 12.5. The number of hydrogen-bond acceptors (Lipinski definition) is 6. The Bertz CT molecular complexity index is 867. The van der Waals surface area contributed by atoms with Crippen LogP contribution in [0.4, 0.5) is 14.7 Å². The van der Waals surface area contributed by atoms with E-state index in [1.807, 2.05) is 0 Å². The highest BCUT2D eigenvalue weighted by molar-refractivity contribution is 7.99. The lowest BCUT2D eigenvalue weighted by molar-refractivity contribution is -0.114. The molecule has 31 heavy (non-hydrogen) atoms. The van der Waals surface area contributed by atoms with E-state index in [0.29, 0.717) is 40.1 Å². The van der Waals surface area contributed by atoms with Crippen molar-refractivity contribution >= 4 is 17.7 Å². The first-order valence-corrected chi connectivity index (χ1v) is 11.9. The van der Waals surface area contributed by atoms with Crippen molar-refractivity contribution in [1.82, 2.24) is 19.8 Å². The number of nitrogens with zero attached hydrogens (tertiary/aromatic N) is 5. The van der Waals surface area contributed by atoms with E-state index >= 15 is 0 Å². The van der Waals surface area contributed by atoms with Crippen LogP contribution in [0.5, 0.6) is 0 Å². The van der Waals surface area contributed by atoms with Crippen LogP contribution in [-0.2, 0) is 6.54 Å². The third-order valence-electron chi connectivity index (χ3n) is 6.98. The molecule has 1 aromatic carbocycles. The molecule has 1 aromatic heterocycles. The smallest absolute Gasteiger partial charge is 0.289 e. The van der Waals surface area contributed by atoms with Crippen LogP contribution in [0.3, 0.4) is 0 Å². The normalized spacial score (nSPS) is 24.4. The van der Waals surface area contributed by atoms with E-state index in [-0.39, 0.29) is 0 Å². The second-order valence-electron chi connectivity index (χ2n) is 9.33. The molecule has 0 amide bonds. The molecule has 1 saturated carbocycles. The van der Waals surface area contributed by atoms with E-state index < -0.39 is 5.76 Å². The highest BCUT2D eigenvalue weighted by Crippen LogP contribution is 2.50. The molecule has 1 unspecified atom stereocenters. The van der Waals surface area contributed by atoms with Gasteiger partial charge in [-0.25, -0.2) is 9.97 Å². The first kappa shape index (κ1) is 21.1. The highest BCUT2D eigenvalue weighted by atomic mass is 32.2. The summed E-state index contributed by atoms with van der Waals surface area (Å²) in [5.41, 5.74) is 1.95. The summed E-state index contributed by atoms with van der Waals surface area (Å²) in [6.07, 6.45) is 5.62. The number of benzene rings is 1. The van der Waals surface area contributed by atoms with Gasteiger partial charge < -0.3 is 4.90 Å². The van der Waals surface area contributed by atoms with E-state index in [1.54, 1.807) is 0 Å². The Balaban J connectivity index is 1.08. The Kier molecular flexibility index (Phi) is 5.88. The zero-order valence-corrected chi connectivity index (χ0v) is 18.6. The lowest BCUT2D eigenvalue weighted by Gasteiger charge is -2.62. The maximum Gasteiger partial charge on any atom is 0.289 e. The second kappa shape index (κ2) is 8.64. The van der Waals surface area contributed by atoms with E-state index in [9.17, 15) is 8.78 Å². The van der Waals surface area contributed by atoms with Crippen molar-refractivity contribution in [2.45, 2.75) is 49.0 Å². The Morgan fingerprint density at radius 2 is 1.81 bits per heavy atom. The SMILES string of the molecule is CC1CN(C2CC3(C2)CN(Cc2ccccc2)C3)CCN1c1ncc(SC(F)F)cn1. The molecule has 1 atom stereocenters. The van der Waals surface area contributed by atoms with Crippen molar-refractivity contribution in [3.05, 3.63) is 48.3 Å². The zero-order valence-electron chi connectivity index (χ0n) is 17.8. The van der Waals surface area contributed by atoms with Gasteiger partial charge in [0.05, 0.1) is 0 Å². The van der Waals surface area contributed by atoms with Gasteiger partial charge in [-0.05, 0) is 30.7 Å². The Labute approximate surface area is 186 Å². The summed E-state index contributed by atoms with van der Waals surface area (Å²) in [4.78, 5) is 16.5. The third-order valence-corrected chi connectivity index (χ3v) is 7.64. The molecule has 0 N–H and O–H groups in total. The number of likely N-dealkylation sites (tertiary alicyclic amines) is 1. The summed E-state index contributed by atoms with van der Waals surface area (Å²) in [5.74, 6) is -1.80. The number of thioether (sulfide) groups is 1. The lowest BCUT2D eigenvalue weighted by atomic mass is 9.60. The molecule has 0 radical (unpaired) electrons. The van der Waals surface area contributed by atoms with Gasteiger partial charge >= 0.3 is 0 Å². The molecule has 0 bridgehead atoms. The van der Waals surface area contributed by atoms with Gasteiger partial charge in [0.25, 0.3) is 5.76 Å². The molecule has 3 fully saturated rings. The Morgan fingerprint density at radius 3 is 2.45 bits per heavy atom. The van der Waals surface area contributed by atoms with Crippen LogP contribution >= 0.6 is 11.8 Å². The zero-order chi connectivity index (χ0) is 21.4.